The summed E-state index contributed by atoms with van der Waals surface area (Å²) in [7, 11) is 4.69. The van der Waals surface area contributed by atoms with E-state index in [1.54, 1.807) is 21.3 Å². The predicted molar refractivity (Wildman–Crippen MR) is 133 cm³/mol. The summed E-state index contributed by atoms with van der Waals surface area (Å²) in [6.07, 6.45) is 0. The first kappa shape index (κ1) is 25.4. The molecule has 0 aliphatic rings. The van der Waals surface area contributed by atoms with E-state index in [2.05, 4.69) is 10.2 Å². The minimum absolute atomic E-state index is 0.132. The van der Waals surface area contributed by atoms with Crippen LogP contribution >= 0.6 is 11.8 Å². The van der Waals surface area contributed by atoms with Crippen LogP contribution in [0.15, 0.2) is 41.6 Å². The normalized spacial score (nSPS) is 11.3. The van der Waals surface area contributed by atoms with E-state index in [1.165, 1.54) is 11.8 Å². The summed E-state index contributed by atoms with van der Waals surface area (Å²) in [4.78, 5) is 12.6. The molecule has 0 saturated heterocycles. The Bertz CT molecular complexity index is 1110. The number of thioether (sulfide) groups is 1. The molecule has 182 valence electrons. The molecule has 1 heterocycles. The molecule has 3 aromatic rings. The van der Waals surface area contributed by atoms with Gasteiger partial charge in [-0.3, -0.25) is 9.36 Å². The quantitative estimate of drug-likeness (QED) is 0.368. The lowest BCUT2D eigenvalue weighted by Gasteiger charge is -2.17. The van der Waals surface area contributed by atoms with Crippen LogP contribution in [0.5, 0.6) is 23.0 Å². The van der Waals surface area contributed by atoms with Gasteiger partial charge >= 0.3 is 0 Å². The monoisotopic (exact) mass is 485 g/mol. The summed E-state index contributed by atoms with van der Waals surface area (Å²) in [6.45, 7) is 8.26. The number of benzene rings is 2. The van der Waals surface area contributed by atoms with Gasteiger partial charge in [0.05, 0.1) is 33.7 Å². The zero-order valence-corrected chi connectivity index (χ0v) is 21.5. The molecule has 0 N–H and O–H groups in total. The molecule has 0 bridgehead atoms. The van der Waals surface area contributed by atoms with Crippen molar-refractivity contribution >= 4 is 17.5 Å². The number of hydrogen-bond donors (Lipinski definition) is 0. The number of aromatic nitrogens is 3. The van der Waals surface area contributed by atoms with Crippen LogP contribution in [0.1, 0.15) is 27.7 Å². The summed E-state index contributed by atoms with van der Waals surface area (Å²) in [5.74, 6) is 3.28. The number of rotatable bonds is 10. The Labute approximate surface area is 204 Å². The lowest BCUT2D eigenvalue weighted by atomic mass is 9.92. The zero-order valence-electron chi connectivity index (χ0n) is 20.7. The molecular formula is C25H31N3O5S. The van der Waals surface area contributed by atoms with E-state index in [1.807, 2.05) is 68.7 Å². The molecule has 0 fully saturated rings. The van der Waals surface area contributed by atoms with Crippen molar-refractivity contribution in [2.24, 2.45) is 5.41 Å². The molecule has 0 aliphatic carbocycles. The Balaban J connectivity index is 2.12. The first-order valence-corrected chi connectivity index (χ1v) is 11.9. The highest BCUT2D eigenvalue weighted by Gasteiger charge is 2.24. The summed E-state index contributed by atoms with van der Waals surface area (Å²) in [5.41, 5.74) is 1.13. The fourth-order valence-electron chi connectivity index (χ4n) is 3.20. The third kappa shape index (κ3) is 5.47. The Morgan fingerprint density at radius 2 is 1.59 bits per heavy atom. The van der Waals surface area contributed by atoms with Crippen molar-refractivity contribution in [1.29, 1.82) is 0 Å². The molecule has 1 aromatic heterocycles. The maximum atomic E-state index is 12.6. The molecular weight excluding hydrogens is 454 g/mol. The van der Waals surface area contributed by atoms with Crippen molar-refractivity contribution in [2.75, 3.05) is 33.7 Å². The standard InChI is InChI=1S/C25H31N3O5S/c1-8-33-18-11-9-17(10-12-18)28-23(26-27-24(28)34-15-21(29)25(2,3)4)16-13-19(30-5)22(32-7)20(14-16)31-6/h9-14H,8,15H2,1-7H3. The average molecular weight is 486 g/mol. The smallest absolute Gasteiger partial charge is 0.203 e. The van der Waals surface area contributed by atoms with Gasteiger partial charge in [-0.25, -0.2) is 0 Å². The van der Waals surface area contributed by atoms with E-state index in [4.69, 9.17) is 18.9 Å². The van der Waals surface area contributed by atoms with Gasteiger partial charge < -0.3 is 18.9 Å². The van der Waals surface area contributed by atoms with Crippen LogP contribution < -0.4 is 18.9 Å². The Morgan fingerprint density at radius 3 is 2.09 bits per heavy atom. The molecule has 2 aromatic carbocycles. The number of hydrogen-bond acceptors (Lipinski definition) is 8. The van der Waals surface area contributed by atoms with Gasteiger partial charge in [0, 0.05) is 16.7 Å². The highest BCUT2D eigenvalue weighted by atomic mass is 32.2. The summed E-state index contributed by atoms with van der Waals surface area (Å²) < 4.78 is 24.0. The molecule has 8 nitrogen and oxygen atoms in total. The molecule has 0 saturated carbocycles. The molecule has 3 rings (SSSR count). The number of Topliss-reactive ketones (excluding diaryl/α,β-unsaturated/α-hetero) is 1. The second-order valence-corrected chi connectivity index (χ2v) is 9.39. The maximum Gasteiger partial charge on any atom is 0.203 e. The van der Waals surface area contributed by atoms with Crippen molar-refractivity contribution in [3.8, 4) is 40.1 Å². The van der Waals surface area contributed by atoms with Crippen LogP contribution in [-0.4, -0.2) is 54.2 Å². The topological polar surface area (TPSA) is 84.7 Å². The van der Waals surface area contributed by atoms with Crippen molar-refractivity contribution < 1.29 is 23.7 Å². The Kier molecular flexibility index (Phi) is 8.09. The van der Waals surface area contributed by atoms with Crippen molar-refractivity contribution in [3.05, 3.63) is 36.4 Å². The molecule has 0 atom stereocenters. The maximum absolute atomic E-state index is 12.6. The molecule has 0 spiro atoms. The van der Waals surface area contributed by atoms with E-state index in [-0.39, 0.29) is 11.5 Å². The summed E-state index contributed by atoms with van der Waals surface area (Å²) in [6, 6.07) is 11.3. The third-order valence-corrected chi connectivity index (χ3v) is 6.06. The van der Waals surface area contributed by atoms with E-state index in [0.717, 1.165) is 17.0 Å². The fraction of sp³-hybridized carbons (Fsp3) is 0.400. The number of carbonyl (C=O) groups is 1. The second kappa shape index (κ2) is 10.8. The van der Waals surface area contributed by atoms with Gasteiger partial charge in [-0.2, -0.15) is 0 Å². The highest BCUT2D eigenvalue weighted by Crippen LogP contribution is 2.42. The van der Waals surface area contributed by atoms with Gasteiger partial charge in [-0.1, -0.05) is 32.5 Å². The molecule has 0 amide bonds. The van der Waals surface area contributed by atoms with Crippen LogP contribution in [0.2, 0.25) is 0 Å². The molecule has 34 heavy (non-hydrogen) atoms. The minimum atomic E-state index is -0.434. The van der Waals surface area contributed by atoms with Gasteiger partial charge in [-0.05, 0) is 43.3 Å². The predicted octanol–water partition coefficient (Wildman–Crippen LogP) is 5.07. The molecule has 0 radical (unpaired) electrons. The van der Waals surface area contributed by atoms with Gasteiger partial charge in [-0.15, -0.1) is 10.2 Å². The Morgan fingerprint density at radius 1 is 0.971 bits per heavy atom. The van der Waals surface area contributed by atoms with Gasteiger partial charge in [0.25, 0.3) is 0 Å². The fourth-order valence-corrected chi connectivity index (χ4v) is 4.31. The number of ketones is 1. The van der Waals surface area contributed by atoms with E-state index in [0.29, 0.717) is 34.8 Å². The first-order chi connectivity index (χ1) is 16.2. The van der Waals surface area contributed by atoms with E-state index >= 15 is 0 Å². The molecule has 0 unspecified atom stereocenters. The van der Waals surface area contributed by atoms with E-state index in [9.17, 15) is 4.79 Å². The highest BCUT2D eigenvalue weighted by molar-refractivity contribution is 7.99. The van der Waals surface area contributed by atoms with E-state index < -0.39 is 5.41 Å². The van der Waals surface area contributed by atoms with Gasteiger partial charge in [0.15, 0.2) is 22.5 Å². The lowest BCUT2D eigenvalue weighted by Crippen LogP contribution is -2.22. The molecule has 9 heteroatoms. The lowest BCUT2D eigenvalue weighted by molar-refractivity contribution is -0.123. The second-order valence-electron chi connectivity index (χ2n) is 8.44. The van der Waals surface area contributed by atoms with Gasteiger partial charge in [0.1, 0.15) is 11.5 Å². The van der Waals surface area contributed by atoms with Gasteiger partial charge in [0.2, 0.25) is 5.75 Å². The summed E-state index contributed by atoms with van der Waals surface area (Å²) in [5, 5.41) is 9.48. The molecule has 0 aliphatic heterocycles. The van der Waals surface area contributed by atoms with Crippen LogP contribution in [0.4, 0.5) is 0 Å². The number of carbonyl (C=O) groups excluding carboxylic acids is 1. The number of ether oxygens (including phenoxy) is 4. The van der Waals surface area contributed by atoms with Crippen molar-refractivity contribution in [2.45, 2.75) is 32.9 Å². The summed E-state index contributed by atoms with van der Waals surface area (Å²) >= 11 is 1.36. The largest absolute Gasteiger partial charge is 0.494 e. The average Bonchev–Trinajstić information content (AvgIpc) is 3.25. The van der Waals surface area contributed by atoms with Crippen molar-refractivity contribution in [3.63, 3.8) is 0 Å². The SMILES string of the molecule is CCOc1ccc(-n2c(SCC(=O)C(C)(C)C)nnc2-c2cc(OC)c(OC)c(OC)c2)cc1. The Hall–Kier alpha value is -3.20. The number of nitrogens with zero attached hydrogens (tertiary/aromatic N) is 3. The number of methoxy groups -OCH3 is 3. The first-order valence-electron chi connectivity index (χ1n) is 10.9. The van der Waals surface area contributed by atoms with Crippen molar-refractivity contribution in [1.82, 2.24) is 14.8 Å². The van der Waals surface area contributed by atoms with Crippen LogP contribution in [-0.2, 0) is 4.79 Å². The van der Waals surface area contributed by atoms with Crippen LogP contribution in [0.25, 0.3) is 17.1 Å². The zero-order chi connectivity index (χ0) is 24.9. The third-order valence-electron chi connectivity index (χ3n) is 5.13. The van der Waals surface area contributed by atoms with Crippen LogP contribution in [0, 0.1) is 5.41 Å². The van der Waals surface area contributed by atoms with Crippen LogP contribution in [0.3, 0.4) is 0 Å². The minimum Gasteiger partial charge on any atom is -0.494 e.